The molecule has 9 heteroatoms. The molecule has 1 rings (SSSR count). The molecule has 1 heterocycles. The van der Waals surface area contributed by atoms with Gasteiger partial charge in [0.2, 0.25) is 5.91 Å². The van der Waals surface area contributed by atoms with Gasteiger partial charge < -0.3 is 40.3 Å². The second-order valence-electron chi connectivity index (χ2n) is 21.1. The number of nitrogens with one attached hydrogen (secondary N) is 1. The molecule has 6 N–H and O–H groups in total. The van der Waals surface area contributed by atoms with Crippen LogP contribution in [0.25, 0.3) is 0 Å². The fourth-order valence-corrected chi connectivity index (χ4v) is 9.03. The van der Waals surface area contributed by atoms with Crippen molar-refractivity contribution >= 4 is 5.91 Å². The summed E-state index contributed by atoms with van der Waals surface area (Å²) in [5, 5.41) is 54.6. The maximum Gasteiger partial charge on any atom is 0.220 e. The highest BCUT2D eigenvalue weighted by molar-refractivity contribution is 5.76. The molecule has 1 fully saturated rings. The van der Waals surface area contributed by atoms with Gasteiger partial charge in [-0.15, -0.1) is 0 Å². The highest BCUT2D eigenvalue weighted by Gasteiger charge is 2.44. The number of aliphatic hydroxyl groups is 5. The minimum absolute atomic E-state index is 0.204. The Morgan fingerprint density at radius 3 is 1.23 bits per heavy atom. The third-order valence-corrected chi connectivity index (χ3v) is 13.9. The van der Waals surface area contributed by atoms with Gasteiger partial charge in [0.15, 0.2) is 6.29 Å². The van der Waals surface area contributed by atoms with Gasteiger partial charge in [-0.25, -0.2) is 0 Å². The molecule has 9 nitrogen and oxygen atoms in total. The van der Waals surface area contributed by atoms with E-state index in [2.05, 4.69) is 141 Å². The van der Waals surface area contributed by atoms with E-state index in [4.69, 9.17) is 9.47 Å². The van der Waals surface area contributed by atoms with E-state index < -0.39 is 49.5 Å². The third kappa shape index (κ3) is 45.1. The van der Waals surface area contributed by atoms with Crippen LogP contribution in [0.15, 0.2) is 134 Å². The quantitative estimate of drug-likeness (QED) is 0.0261. The molecule has 0 aromatic rings. The van der Waals surface area contributed by atoms with Crippen LogP contribution in [0.2, 0.25) is 0 Å². The Morgan fingerprint density at radius 1 is 0.449 bits per heavy atom. The zero-order valence-electron chi connectivity index (χ0n) is 49.4. The van der Waals surface area contributed by atoms with Crippen molar-refractivity contribution in [2.75, 3.05) is 13.2 Å². The van der Waals surface area contributed by atoms with E-state index in [1.54, 1.807) is 6.08 Å². The van der Waals surface area contributed by atoms with Crippen molar-refractivity contribution in [2.45, 2.75) is 281 Å². The van der Waals surface area contributed by atoms with Crippen LogP contribution in [0.5, 0.6) is 0 Å². The van der Waals surface area contributed by atoms with Crippen LogP contribution in [-0.2, 0) is 14.3 Å². The lowest BCUT2D eigenvalue weighted by Crippen LogP contribution is -2.60. The van der Waals surface area contributed by atoms with Gasteiger partial charge in [0, 0.05) is 6.42 Å². The van der Waals surface area contributed by atoms with E-state index in [1.807, 2.05) is 6.08 Å². The summed E-state index contributed by atoms with van der Waals surface area (Å²) in [5.74, 6) is -0.204. The molecule has 7 unspecified atom stereocenters. The molecular formula is C69H115NO8. The van der Waals surface area contributed by atoms with Crippen molar-refractivity contribution in [1.82, 2.24) is 5.32 Å². The molecule has 0 aliphatic carbocycles. The molecule has 1 saturated heterocycles. The van der Waals surface area contributed by atoms with Gasteiger partial charge in [-0.2, -0.15) is 0 Å². The summed E-state index contributed by atoms with van der Waals surface area (Å²) in [5.41, 5.74) is 0. The molecule has 0 bridgehead atoms. The number of allylic oxidation sites excluding steroid dienone is 21. The Balaban J connectivity index is 2.24. The molecule has 0 aromatic carbocycles. The first kappa shape index (κ1) is 72.3. The lowest BCUT2D eigenvalue weighted by atomic mass is 9.99. The molecule has 78 heavy (non-hydrogen) atoms. The van der Waals surface area contributed by atoms with Gasteiger partial charge in [0.05, 0.1) is 25.4 Å². The molecule has 0 radical (unpaired) electrons. The second-order valence-corrected chi connectivity index (χ2v) is 21.1. The summed E-state index contributed by atoms with van der Waals surface area (Å²) >= 11 is 0. The van der Waals surface area contributed by atoms with Gasteiger partial charge in [-0.3, -0.25) is 4.79 Å². The molecule has 444 valence electrons. The van der Waals surface area contributed by atoms with Crippen molar-refractivity contribution in [3.63, 3.8) is 0 Å². The van der Waals surface area contributed by atoms with Gasteiger partial charge in [0.1, 0.15) is 24.4 Å². The first-order chi connectivity index (χ1) is 38.3. The highest BCUT2D eigenvalue weighted by atomic mass is 16.7. The van der Waals surface area contributed by atoms with E-state index in [0.29, 0.717) is 6.42 Å². The Bertz CT molecular complexity index is 1690. The average molecular weight is 1090 g/mol. The van der Waals surface area contributed by atoms with Gasteiger partial charge >= 0.3 is 0 Å². The summed E-state index contributed by atoms with van der Waals surface area (Å²) < 4.78 is 11.3. The number of hydrogen-bond donors (Lipinski definition) is 6. The molecule has 1 aliphatic heterocycles. The SMILES string of the molecule is CC/C=C\C/C=C\C/C=C\C/C=C\C/C=C\C/C=C\C/C=C\C/C=C\CCCCCCCCCCC(=O)NC(COC1OC(CO)C(O)C(O)C1O)C(O)/C=C/CC/C=C/CC/C=C/CCCCCCCCCCCCCC. The molecule has 7 atom stereocenters. The summed E-state index contributed by atoms with van der Waals surface area (Å²) in [4.78, 5) is 13.1. The van der Waals surface area contributed by atoms with Crippen LogP contribution < -0.4 is 5.32 Å². The minimum atomic E-state index is -1.58. The molecule has 1 amide bonds. The Labute approximate surface area is 477 Å². The predicted octanol–water partition coefficient (Wildman–Crippen LogP) is 16.5. The zero-order valence-corrected chi connectivity index (χ0v) is 49.4. The van der Waals surface area contributed by atoms with Crippen LogP contribution >= 0.6 is 0 Å². The minimum Gasteiger partial charge on any atom is -0.394 e. The second kappa shape index (κ2) is 56.6. The number of aliphatic hydroxyl groups excluding tert-OH is 5. The number of amides is 1. The normalized spacial score (nSPS) is 19.6. The first-order valence-corrected chi connectivity index (χ1v) is 31.4. The Hall–Kier alpha value is -3.67. The van der Waals surface area contributed by atoms with E-state index in [-0.39, 0.29) is 12.5 Å². The summed E-state index contributed by atoms with van der Waals surface area (Å²) in [6.07, 6.45) is 79.5. The van der Waals surface area contributed by atoms with Crippen LogP contribution in [0, 0.1) is 0 Å². The van der Waals surface area contributed by atoms with Crippen molar-refractivity contribution in [3.05, 3.63) is 134 Å². The largest absolute Gasteiger partial charge is 0.394 e. The average Bonchev–Trinajstić information content (AvgIpc) is 3.45. The smallest absolute Gasteiger partial charge is 0.220 e. The number of ether oxygens (including phenoxy) is 2. The van der Waals surface area contributed by atoms with Crippen molar-refractivity contribution < 1.29 is 39.8 Å². The Kier molecular flexibility index (Phi) is 52.5. The zero-order chi connectivity index (χ0) is 56.5. The van der Waals surface area contributed by atoms with Crippen molar-refractivity contribution in [3.8, 4) is 0 Å². The number of carbonyl (C=O) groups excluding carboxylic acids is 1. The van der Waals surface area contributed by atoms with Gasteiger partial charge in [-0.1, -0.05) is 257 Å². The summed E-state index contributed by atoms with van der Waals surface area (Å²) in [6, 6.07) is -0.844. The summed E-state index contributed by atoms with van der Waals surface area (Å²) in [6.45, 7) is 3.64. The van der Waals surface area contributed by atoms with Gasteiger partial charge in [-0.05, 0) is 109 Å². The standard InChI is InChI=1S/C69H115NO8/c1-3-5-7-9-11-13-15-17-19-21-23-25-27-28-29-30-31-32-33-34-35-36-37-39-41-43-45-47-49-51-53-55-57-59-65(73)70-62(61-77-69-68(76)67(75)66(74)64(60-71)78-69)63(72)58-56-54-52-50-48-46-44-42-40-38-26-24-22-20-18-16-14-12-10-8-6-4-2/h5,7,11,13,17,19,23,25,28-29,31-32,34-35,37,39-40,42,48,50,56,58,62-64,66-69,71-72,74-76H,3-4,6,8-10,12,14-16,18,20-22,24,26-27,30,33,36,38,41,43-47,49,51-55,57,59-61H2,1-2H3,(H,70,73)/b7-5-,13-11-,19-17-,25-23-,29-28-,32-31-,35-34-,39-37-,42-40+,50-48+,58-56+. The van der Waals surface area contributed by atoms with Crippen LogP contribution in [-0.4, -0.2) is 87.5 Å². The number of hydrogen-bond acceptors (Lipinski definition) is 8. The highest BCUT2D eigenvalue weighted by Crippen LogP contribution is 2.23. The Morgan fingerprint density at radius 2 is 0.808 bits per heavy atom. The third-order valence-electron chi connectivity index (χ3n) is 13.9. The fourth-order valence-electron chi connectivity index (χ4n) is 9.03. The lowest BCUT2D eigenvalue weighted by Gasteiger charge is -2.40. The van der Waals surface area contributed by atoms with Crippen LogP contribution in [0.3, 0.4) is 0 Å². The predicted molar refractivity (Wildman–Crippen MR) is 331 cm³/mol. The summed E-state index contributed by atoms with van der Waals surface area (Å²) in [7, 11) is 0. The molecule has 1 aliphatic rings. The monoisotopic (exact) mass is 1090 g/mol. The maximum absolute atomic E-state index is 13.1. The van der Waals surface area contributed by atoms with E-state index >= 15 is 0 Å². The van der Waals surface area contributed by atoms with Crippen molar-refractivity contribution in [2.24, 2.45) is 0 Å². The van der Waals surface area contributed by atoms with Crippen LogP contribution in [0.4, 0.5) is 0 Å². The lowest BCUT2D eigenvalue weighted by molar-refractivity contribution is -0.302. The molecular weight excluding hydrogens is 971 g/mol. The number of unbranched alkanes of at least 4 members (excludes halogenated alkanes) is 22. The van der Waals surface area contributed by atoms with E-state index in [1.165, 1.54) is 103 Å². The van der Waals surface area contributed by atoms with E-state index in [0.717, 1.165) is 116 Å². The first-order valence-electron chi connectivity index (χ1n) is 31.4. The topological polar surface area (TPSA) is 149 Å². The molecule has 0 saturated carbocycles. The van der Waals surface area contributed by atoms with E-state index in [9.17, 15) is 30.3 Å². The number of rotatable bonds is 52. The fraction of sp³-hybridized carbons (Fsp3) is 0.667. The molecule has 0 spiro atoms. The molecule has 0 aromatic heterocycles. The van der Waals surface area contributed by atoms with Crippen LogP contribution in [0.1, 0.15) is 239 Å². The number of carbonyl (C=O) groups is 1. The van der Waals surface area contributed by atoms with Crippen molar-refractivity contribution in [1.29, 1.82) is 0 Å². The van der Waals surface area contributed by atoms with Gasteiger partial charge in [0.25, 0.3) is 0 Å². The maximum atomic E-state index is 13.1.